The lowest BCUT2D eigenvalue weighted by molar-refractivity contribution is -0.140. The summed E-state index contributed by atoms with van der Waals surface area (Å²) in [5, 5.41) is 3.67. The van der Waals surface area contributed by atoms with Crippen molar-refractivity contribution < 1.29 is 18.0 Å². The zero-order valence-corrected chi connectivity index (χ0v) is 26.1. The van der Waals surface area contributed by atoms with Gasteiger partial charge >= 0.3 is 0 Å². The molecule has 0 heterocycles. The van der Waals surface area contributed by atoms with E-state index >= 15 is 0 Å². The lowest BCUT2D eigenvalue weighted by Gasteiger charge is -2.35. The molecule has 1 atom stereocenters. The molecule has 1 N–H and O–H groups in total. The van der Waals surface area contributed by atoms with Crippen LogP contribution in [0, 0.1) is 13.8 Å². The Balaban J connectivity index is 1.74. The number of anilines is 1. The summed E-state index contributed by atoms with van der Waals surface area (Å²) in [5.41, 5.74) is 3.90. The van der Waals surface area contributed by atoms with Crippen molar-refractivity contribution in [2.75, 3.05) is 17.1 Å². The van der Waals surface area contributed by atoms with E-state index in [9.17, 15) is 18.0 Å². The fourth-order valence-electron chi connectivity index (χ4n) is 5.40. The second kappa shape index (κ2) is 14.2. The van der Waals surface area contributed by atoms with Crippen molar-refractivity contribution in [3.05, 3.63) is 100 Å². The molecule has 3 aromatic carbocycles. The Labute approximate surface area is 254 Å². The summed E-state index contributed by atoms with van der Waals surface area (Å²) in [6, 6.07) is 21.2. The van der Waals surface area contributed by atoms with Gasteiger partial charge < -0.3 is 10.2 Å². The number of rotatable bonds is 11. The van der Waals surface area contributed by atoms with Gasteiger partial charge in [-0.3, -0.25) is 13.9 Å². The van der Waals surface area contributed by atoms with Crippen molar-refractivity contribution in [3.63, 3.8) is 0 Å². The molecule has 4 rings (SSSR count). The van der Waals surface area contributed by atoms with Gasteiger partial charge in [0.1, 0.15) is 12.6 Å². The minimum Gasteiger partial charge on any atom is -0.352 e. The number of carbonyl (C=O) groups is 2. The molecule has 1 unspecified atom stereocenters. The highest BCUT2D eigenvalue weighted by Gasteiger charge is 2.34. The molecule has 0 radical (unpaired) electrons. The average Bonchev–Trinajstić information content (AvgIpc) is 2.96. The number of benzene rings is 3. The number of hydrogen-bond donors (Lipinski definition) is 1. The van der Waals surface area contributed by atoms with E-state index in [0.717, 1.165) is 59.4 Å². The SMILES string of the molecule is Cc1ccc(N(CC(=O)N(Cc2ccccc2Cl)C(Cc2ccccc2)C(=O)NC2CCCCC2)S(C)(=O)=O)cc1C. The summed E-state index contributed by atoms with van der Waals surface area (Å²) in [6.07, 6.45) is 6.42. The zero-order chi connectivity index (χ0) is 30.3. The molecule has 2 amide bonds. The number of carbonyl (C=O) groups excluding carboxylic acids is 2. The van der Waals surface area contributed by atoms with Crippen LogP contribution in [0.3, 0.4) is 0 Å². The quantitative estimate of drug-likeness (QED) is 0.297. The third-order valence-electron chi connectivity index (χ3n) is 7.98. The van der Waals surface area contributed by atoms with Crippen molar-refractivity contribution in [2.45, 2.75) is 71.0 Å². The summed E-state index contributed by atoms with van der Waals surface area (Å²) >= 11 is 6.53. The molecule has 0 aromatic heterocycles. The number of sulfonamides is 1. The first-order valence-corrected chi connectivity index (χ1v) is 16.7. The van der Waals surface area contributed by atoms with E-state index in [0.29, 0.717) is 16.3 Å². The van der Waals surface area contributed by atoms with E-state index < -0.39 is 28.5 Å². The number of aryl methyl sites for hydroxylation is 2. The first-order valence-electron chi connectivity index (χ1n) is 14.4. The second-order valence-electron chi connectivity index (χ2n) is 11.2. The van der Waals surface area contributed by atoms with Crippen LogP contribution in [0.1, 0.15) is 54.4 Å². The summed E-state index contributed by atoms with van der Waals surface area (Å²) < 4.78 is 27.1. The fraction of sp³-hybridized carbons (Fsp3) is 0.394. The third kappa shape index (κ3) is 8.35. The molecule has 0 bridgehead atoms. The van der Waals surface area contributed by atoms with Crippen LogP contribution in [-0.4, -0.2) is 50.0 Å². The van der Waals surface area contributed by atoms with E-state index in [1.54, 1.807) is 24.3 Å². The maximum Gasteiger partial charge on any atom is 0.244 e. The zero-order valence-electron chi connectivity index (χ0n) is 24.6. The average molecular weight is 610 g/mol. The van der Waals surface area contributed by atoms with Crippen LogP contribution in [0.5, 0.6) is 0 Å². The van der Waals surface area contributed by atoms with Crippen LogP contribution in [0.15, 0.2) is 72.8 Å². The molecule has 1 aliphatic rings. The standard InChI is InChI=1S/C33H40ClN3O4S/c1-24-18-19-29(20-25(24)2)37(42(3,40)41)23-32(38)36(22-27-14-10-11-17-30(27)34)31(21-26-12-6-4-7-13-26)33(39)35-28-15-8-5-9-16-28/h4,6-7,10-14,17-20,28,31H,5,8-9,15-16,21-23H2,1-3H3,(H,35,39). The maximum atomic E-state index is 14.3. The number of nitrogens with one attached hydrogen (secondary N) is 1. The molecule has 1 saturated carbocycles. The minimum absolute atomic E-state index is 0.0461. The summed E-state index contributed by atoms with van der Waals surface area (Å²) in [5.74, 6) is -0.735. The van der Waals surface area contributed by atoms with E-state index in [2.05, 4.69) is 5.32 Å². The van der Waals surface area contributed by atoms with Crippen molar-refractivity contribution in [2.24, 2.45) is 0 Å². The highest BCUT2D eigenvalue weighted by atomic mass is 35.5. The van der Waals surface area contributed by atoms with Crippen molar-refractivity contribution in [3.8, 4) is 0 Å². The van der Waals surface area contributed by atoms with Gasteiger partial charge in [-0.15, -0.1) is 0 Å². The molecule has 1 aliphatic carbocycles. The predicted molar refractivity (Wildman–Crippen MR) is 169 cm³/mol. The molecule has 1 fully saturated rings. The molecule has 7 nitrogen and oxygen atoms in total. The molecule has 42 heavy (non-hydrogen) atoms. The van der Waals surface area contributed by atoms with Crippen molar-refractivity contribution in [1.82, 2.24) is 10.2 Å². The number of nitrogens with zero attached hydrogens (tertiary/aromatic N) is 2. The molecule has 0 aliphatic heterocycles. The molecular weight excluding hydrogens is 570 g/mol. The number of halogens is 1. The number of hydrogen-bond acceptors (Lipinski definition) is 4. The second-order valence-corrected chi connectivity index (χ2v) is 13.5. The van der Waals surface area contributed by atoms with Gasteiger partial charge in [0, 0.05) is 24.0 Å². The molecule has 9 heteroatoms. The highest BCUT2D eigenvalue weighted by Crippen LogP contribution is 2.25. The molecular formula is C33H40ClN3O4S. The van der Waals surface area contributed by atoms with Crippen molar-refractivity contribution in [1.29, 1.82) is 0 Å². The van der Waals surface area contributed by atoms with E-state index in [1.165, 1.54) is 4.90 Å². The van der Waals surface area contributed by atoms with Gasteiger partial charge in [-0.2, -0.15) is 0 Å². The molecule has 3 aromatic rings. The number of amides is 2. The molecule has 0 spiro atoms. The lowest BCUT2D eigenvalue weighted by atomic mass is 9.94. The fourth-order valence-corrected chi connectivity index (χ4v) is 6.44. The van der Waals surface area contributed by atoms with Crippen LogP contribution in [0.2, 0.25) is 5.02 Å². The van der Waals surface area contributed by atoms with Gasteiger partial charge in [0.2, 0.25) is 21.8 Å². The minimum atomic E-state index is -3.83. The third-order valence-corrected chi connectivity index (χ3v) is 9.49. The van der Waals surface area contributed by atoms with Crippen LogP contribution in [-0.2, 0) is 32.6 Å². The van der Waals surface area contributed by atoms with Gasteiger partial charge in [0.15, 0.2) is 0 Å². The first kappa shape index (κ1) is 31.6. The van der Waals surface area contributed by atoms with Crippen molar-refractivity contribution >= 4 is 39.1 Å². The van der Waals surface area contributed by atoms with Gasteiger partial charge in [0.05, 0.1) is 11.9 Å². The predicted octanol–water partition coefficient (Wildman–Crippen LogP) is 5.81. The Morgan fingerprint density at radius 1 is 0.929 bits per heavy atom. The van der Waals surface area contributed by atoms with E-state index in [1.807, 2.05) is 62.4 Å². The Morgan fingerprint density at radius 2 is 1.60 bits per heavy atom. The van der Waals surface area contributed by atoms with E-state index in [-0.39, 0.29) is 24.9 Å². The topological polar surface area (TPSA) is 86.8 Å². The normalized spacial score (nSPS) is 14.7. The van der Waals surface area contributed by atoms with Crippen LogP contribution in [0.25, 0.3) is 0 Å². The Kier molecular flexibility index (Phi) is 10.7. The lowest BCUT2D eigenvalue weighted by Crippen LogP contribution is -2.55. The molecule has 0 saturated heterocycles. The van der Waals surface area contributed by atoms with Gasteiger partial charge in [-0.1, -0.05) is 85.5 Å². The summed E-state index contributed by atoms with van der Waals surface area (Å²) in [4.78, 5) is 29.8. The summed E-state index contributed by atoms with van der Waals surface area (Å²) in [6.45, 7) is 3.45. The van der Waals surface area contributed by atoms with Gasteiger partial charge in [-0.25, -0.2) is 8.42 Å². The Bertz CT molecular complexity index is 1490. The largest absolute Gasteiger partial charge is 0.352 e. The van der Waals surface area contributed by atoms with Gasteiger partial charge in [0.25, 0.3) is 0 Å². The van der Waals surface area contributed by atoms with Crippen LogP contribution in [0.4, 0.5) is 5.69 Å². The highest BCUT2D eigenvalue weighted by molar-refractivity contribution is 7.92. The van der Waals surface area contributed by atoms with Crippen LogP contribution >= 0.6 is 11.6 Å². The smallest absolute Gasteiger partial charge is 0.244 e. The maximum absolute atomic E-state index is 14.3. The first-order chi connectivity index (χ1) is 20.0. The molecule has 224 valence electrons. The monoisotopic (exact) mass is 609 g/mol. The Morgan fingerprint density at radius 3 is 2.24 bits per heavy atom. The van der Waals surface area contributed by atoms with E-state index in [4.69, 9.17) is 11.6 Å². The van der Waals surface area contributed by atoms with Crippen LogP contribution < -0.4 is 9.62 Å². The van der Waals surface area contributed by atoms with Gasteiger partial charge in [-0.05, 0) is 67.1 Å². The summed E-state index contributed by atoms with van der Waals surface area (Å²) in [7, 11) is -3.83. The Hall–Kier alpha value is -3.36.